The van der Waals surface area contributed by atoms with Crippen molar-refractivity contribution in [2.75, 3.05) is 11.4 Å². The number of alkyl halides is 3. The van der Waals surface area contributed by atoms with Crippen LogP contribution in [0.15, 0.2) is 18.2 Å². The highest BCUT2D eigenvalue weighted by atomic mass is 19.4. The maximum absolute atomic E-state index is 12.4. The molecule has 1 atom stereocenters. The Morgan fingerprint density at radius 1 is 1.29 bits per heavy atom. The predicted molar refractivity (Wildman–Crippen MR) is 55.7 cm³/mol. The first kappa shape index (κ1) is 12.0. The first-order chi connectivity index (χ1) is 7.89. The topological polar surface area (TPSA) is 43.7 Å². The maximum atomic E-state index is 12.4. The largest absolute Gasteiger partial charge is 0.507 e. The van der Waals surface area contributed by atoms with Gasteiger partial charge in [-0.05, 0) is 25.0 Å². The molecular weight excluding hydrogens is 235 g/mol. The molecule has 2 N–H and O–H groups in total. The van der Waals surface area contributed by atoms with E-state index >= 15 is 0 Å². The van der Waals surface area contributed by atoms with Gasteiger partial charge in [-0.1, -0.05) is 0 Å². The lowest BCUT2D eigenvalue weighted by Gasteiger charge is -2.23. The van der Waals surface area contributed by atoms with Gasteiger partial charge in [-0.15, -0.1) is 0 Å². The van der Waals surface area contributed by atoms with Gasteiger partial charge in [0.05, 0.1) is 5.56 Å². The van der Waals surface area contributed by atoms with Gasteiger partial charge in [-0.25, -0.2) is 0 Å². The highest BCUT2D eigenvalue weighted by Gasteiger charge is 2.34. The van der Waals surface area contributed by atoms with E-state index in [0.29, 0.717) is 18.7 Å². The highest BCUT2D eigenvalue weighted by Crippen LogP contribution is 2.38. The van der Waals surface area contributed by atoms with Crippen molar-refractivity contribution < 1.29 is 23.4 Å². The molecule has 0 radical (unpaired) electrons. The molecule has 17 heavy (non-hydrogen) atoms. The Morgan fingerprint density at radius 3 is 2.47 bits per heavy atom. The van der Waals surface area contributed by atoms with E-state index in [-0.39, 0.29) is 0 Å². The zero-order valence-electron chi connectivity index (χ0n) is 8.91. The van der Waals surface area contributed by atoms with Gasteiger partial charge in [0, 0.05) is 18.3 Å². The number of aliphatic hydroxyl groups is 1. The third kappa shape index (κ3) is 2.31. The molecule has 1 heterocycles. The number of phenols is 1. The second kappa shape index (κ2) is 4.10. The van der Waals surface area contributed by atoms with Crippen molar-refractivity contribution in [1.29, 1.82) is 0 Å². The molecule has 3 nitrogen and oxygen atoms in total. The van der Waals surface area contributed by atoms with E-state index in [0.717, 1.165) is 18.6 Å². The van der Waals surface area contributed by atoms with E-state index in [1.807, 2.05) is 0 Å². The zero-order valence-corrected chi connectivity index (χ0v) is 8.91. The van der Waals surface area contributed by atoms with Crippen molar-refractivity contribution >= 4 is 5.69 Å². The van der Waals surface area contributed by atoms with Gasteiger partial charge >= 0.3 is 6.18 Å². The van der Waals surface area contributed by atoms with E-state index in [2.05, 4.69) is 0 Å². The molecule has 0 amide bonds. The summed E-state index contributed by atoms with van der Waals surface area (Å²) < 4.78 is 37.2. The van der Waals surface area contributed by atoms with Gasteiger partial charge in [-0.3, -0.25) is 0 Å². The number of aliphatic hydroxyl groups excluding tert-OH is 1. The molecule has 1 aliphatic heterocycles. The average molecular weight is 247 g/mol. The van der Waals surface area contributed by atoms with Crippen LogP contribution in [0.1, 0.15) is 18.4 Å². The second-order valence-corrected chi connectivity index (χ2v) is 4.02. The van der Waals surface area contributed by atoms with Crippen molar-refractivity contribution in [1.82, 2.24) is 0 Å². The Morgan fingerprint density at radius 2 is 2.00 bits per heavy atom. The van der Waals surface area contributed by atoms with E-state index in [9.17, 15) is 23.4 Å². The number of halogens is 3. The summed E-state index contributed by atoms with van der Waals surface area (Å²) in [5, 5.41) is 18.9. The van der Waals surface area contributed by atoms with Crippen molar-refractivity contribution in [2.45, 2.75) is 25.2 Å². The number of benzene rings is 1. The minimum atomic E-state index is -4.56. The molecule has 0 spiro atoms. The number of hydrogen-bond donors (Lipinski definition) is 2. The first-order valence-corrected chi connectivity index (χ1v) is 5.24. The Balaban J connectivity index is 2.31. The molecule has 1 saturated heterocycles. The van der Waals surface area contributed by atoms with Crippen molar-refractivity contribution in [3.8, 4) is 5.75 Å². The summed E-state index contributed by atoms with van der Waals surface area (Å²) in [7, 11) is 0. The van der Waals surface area contributed by atoms with Gasteiger partial charge in [0.1, 0.15) is 12.0 Å². The Labute approximate surface area is 96.1 Å². The number of nitrogens with zero attached hydrogens (tertiary/aromatic N) is 1. The molecule has 0 bridgehead atoms. The third-order valence-corrected chi connectivity index (χ3v) is 2.84. The minimum absolute atomic E-state index is 0.403. The quantitative estimate of drug-likeness (QED) is 0.800. The number of aromatic hydroxyl groups is 1. The summed E-state index contributed by atoms with van der Waals surface area (Å²) in [4.78, 5) is 1.57. The minimum Gasteiger partial charge on any atom is -0.507 e. The molecule has 1 unspecified atom stereocenters. The summed E-state index contributed by atoms with van der Waals surface area (Å²) in [5.41, 5.74) is -0.657. The molecule has 6 heteroatoms. The van der Waals surface area contributed by atoms with Crippen molar-refractivity contribution in [3.63, 3.8) is 0 Å². The van der Waals surface area contributed by atoms with Gasteiger partial charge < -0.3 is 15.1 Å². The van der Waals surface area contributed by atoms with Crippen LogP contribution < -0.4 is 4.90 Å². The lowest BCUT2D eigenvalue weighted by Crippen LogP contribution is -2.28. The Hall–Kier alpha value is -1.43. The van der Waals surface area contributed by atoms with Crippen LogP contribution in [0.2, 0.25) is 0 Å². The molecule has 2 rings (SSSR count). The van der Waals surface area contributed by atoms with Gasteiger partial charge in [-0.2, -0.15) is 13.2 Å². The fourth-order valence-corrected chi connectivity index (χ4v) is 1.99. The maximum Gasteiger partial charge on any atom is 0.419 e. The monoisotopic (exact) mass is 247 g/mol. The summed E-state index contributed by atoms with van der Waals surface area (Å²) in [5.74, 6) is -0.811. The zero-order chi connectivity index (χ0) is 12.6. The predicted octanol–water partition coefficient (Wildman–Crippen LogP) is 2.33. The molecular formula is C11H12F3NO2. The van der Waals surface area contributed by atoms with Crippen LogP contribution in [-0.2, 0) is 6.18 Å². The molecule has 94 valence electrons. The number of rotatable bonds is 1. The van der Waals surface area contributed by atoms with Crippen LogP contribution in [-0.4, -0.2) is 23.0 Å². The molecule has 0 aromatic heterocycles. The second-order valence-electron chi connectivity index (χ2n) is 4.02. The van der Waals surface area contributed by atoms with Crippen molar-refractivity contribution in [2.24, 2.45) is 0 Å². The normalized spacial score (nSPS) is 20.9. The van der Waals surface area contributed by atoms with Crippen LogP contribution in [0.25, 0.3) is 0 Å². The Kier molecular flexibility index (Phi) is 2.91. The summed E-state index contributed by atoms with van der Waals surface area (Å²) >= 11 is 0. The van der Waals surface area contributed by atoms with Crippen LogP contribution in [0.4, 0.5) is 18.9 Å². The van der Waals surface area contributed by atoms with Crippen LogP contribution in [0.5, 0.6) is 5.75 Å². The van der Waals surface area contributed by atoms with Crippen LogP contribution in [0.3, 0.4) is 0 Å². The lowest BCUT2D eigenvalue weighted by atomic mass is 10.1. The fourth-order valence-electron chi connectivity index (χ4n) is 1.99. The molecule has 1 fully saturated rings. The highest BCUT2D eigenvalue weighted by molar-refractivity contribution is 5.54. The van der Waals surface area contributed by atoms with Gasteiger partial charge in [0.2, 0.25) is 0 Å². The molecule has 1 aromatic carbocycles. The number of phenolic OH excluding ortho intramolecular Hbond substituents is 1. The molecule has 1 aromatic rings. The number of anilines is 1. The Bertz CT molecular complexity index is 420. The fraction of sp³-hybridized carbons (Fsp3) is 0.455. The van der Waals surface area contributed by atoms with Gasteiger partial charge in [0.15, 0.2) is 0 Å². The van der Waals surface area contributed by atoms with E-state index < -0.39 is 23.7 Å². The van der Waals surface area contributed by atoms with Gasteiger partial charge in [0.25, 0.3) is 0 Å². The number of hydrogen-bond acceptors (Lipinski definition) is 3. The lowest BCUT2D eigenvalue weighted by molar-refractivity contribution is -0.138. The average Bonchev–Trinajstić information content (AvgIpc) is 2.62. The molecule has 0 aliphatic carbocycles. The van der Waals surface area contributed by atoms with Crippen LogP contribution in [0, 0.1) is 0 Å². The van der Waals surface area contributed by atoms with E-state index in [4.69, 9.17) is 0 Å². The molecule has 1 aliphatic rings. The standard InChI is InChI=1S/C11H12F3NO2/c12-11(13,14)8-4-3-7(6-9(8)16)15-5-1-2-10(15)17/h3-4,6,10,16-17H,1-2,5H2. The summed E-state index contributed by atoms with van der Waals surface area (Å²) in [6.45, 7) is 0.575. The van der Waals surface area contributed by atoms with Crippen LogP contribution >= 0.6 is 0 Å². The summed E-state index contributed by atoms with van der Waals surface area (Å²) in [6.07, 6.45) is -3.89. The van der Waals surface area contributed by atoms with E-state index in [1.54, 1.807) is 4.90 Å². The smallest absolute Gasteiger partial charge is 0.419 e. The SMILES string of the molecule is Oc1cc(N2CCCC2O)ccc1C(F)(F)F. The van der Waals surface area contributed by atoms with Crippen molar-refractivity contribution in [3.05, 3.63) is 23.8 Å². The summed E-state index contributed by atoms with van der Waals surface area (Å²) in [6, 6.07) is 3.13. The first-order valence-electron chi connectivity index (χ1n) is 5.24. The molecule has 0 saturated carbocycles. The third-order valence-electron chi connectivity index (χ3n) is 2.84. The van der Waals surface area contributed by atoms with E-state index in [1.165, 1.54) is 6.07 Å².